The second-order valence-electron chi connectivity index (χ2n) is 5.67. The van der Waals surface area contributed by atoms with Crippen molar-refractivity contribution in [3.8, 4) is 0 Å². The lowest BCUT2D eigenvalue weighted by molar-refractivity contribution is 0.200. The van der Waals surface area contributed by atoms with Gasteiger partial charge in [-0.2, -0.15) is 4.52 Å². The van der Waals surface area contributed by atoms with E-state index < -0.39 is 0 Å². The molecule has 0 aliphatic carbocycles. The summed E-state index contributed by atoms with van der Waals surface area (Å²) in [7, 11) is 0. The van der Waals surface area contributed by atoms with Crippen LogP contribution < -0.4 is 5.32 Å². The highest BCUT2D eigenvalue weighted by molar-refractivity contribution is 7.10. The Morgan fingerprint density at radius 3 is 3.27 bits per heavy atom. The summed E-state index contributed by atoms with van der Waals surface area (Å²) in [5, 5.41) is 17.9. The molecule has 0 aromatic carbocycles. The number of hydrogen-bond acceptors (Lipinski definition) is 6. The molecule has 6 nitrogen and oxygen atoms in total. The molecule has 1 N–H and O–H groups in total. The van der Waals surface area contributed by atoms with Crippen molar-refractivity contribution in [1.82, 2.24) is 24.7 Å². The van der Waals surface area contributed by atoms with Crippen molar-refractivity contribution in [2.24, 2.45) is 0 Å². The van der Waals surface area contributed by atoms with Crippen LogP contribution in [0, 0.1) is 0 Å². The summed E-state index contributed by atoms with van der Waals surface area (Å²) in [5.41, 5.74) is 2.26. The van der Waals surface area contributed by atoms with E-state index in [4.69, 9.17) is 0 Å². The Morgan fingerprint density at radius 1 is 1.36 bits per heavy atom. The lowest BCUT2D eigenvalue weighted by atomic mass is 10.1. The Hall–Kier alpha value is -1.99. The fraction of sp³-hybridized carbons (Fsp3) is 0.400. The van der Waals surface area contributed by atoms with Crippen LogP contribution in [0.1, 0.15) is 17.4 Å². The van der Waals surface area contributed by atoms with E-state index in [1.54, 1.807) is 15.7 Å². The summed E-state index contributed by atoms with van der Waals surface area (Å²) in [6.45, 7) is 5.33. The van der Waals surface area contributed by atoms with Gasteiger partial charge in [-0.15, -0.1) is 26.6 Å². The molecule has 1 unspecified atom stereocenters. The zero-order valence-electron chi connectivity index (χ0n) is 12.4. The molecule has 7 heteroatoms. The Bertz CT molecular complexity index is 779. The van der Waals surface area contributed by atoms with Crippen LogP contribution >= 0.6 is 11.3 Å². The van der Waals surface area contributed by atoms with Gasteiger partial charge in [-0.05, 0) is 42.5 Å². The van der Waals surface area contributed by atoms with E-state index in [1.807, 2.05) is 23.5 Å². The third-order valence-corrected chi connectivity index (χ3v) is 5.22. The molecular weight excluding hydrogens is 296 g/mol. The van der Waals surface area contributed by atoms with Crippen molar-refractivity contribution in [2.45, 2.75) is 25.9 Å². The monoisotopic (exact) mass is 314 g/mol. The maximum Gasteiger partial charge on any atom is 0.177 e. The molecule has 1 aliphatic heterocycles. The Labute approximate surface area is 132 Å². The van der Waals surface area contributed by atoms with Crippen molar-refractivity contribution in [3.05, 3.63) is 40.3 Å². The second kappa shape index (κ2) is 5.66. The quantitative estimate of drug-likeness (QED) is 0.798. The molecule has 22 heavy (non-hydrogen) atoms. The Morgan fingerprint density at radius 2 is 2.32 bits per heavy atom. The molecule has 1 atom stereocenters. The molecule has 4 heterocycles. The molecule has 0 fully saturated rings. The standard InChI is InChI=1S/C15H18N6S/c1-11(20-6-4-13-12(9-20)5-7-22-13)8-16-14-2-3-15-18-17-10-21(15)19-14/h2-3,5,7,10-11H,4,6,8-9H2,1H3,(H,16,19). The van der Waals surface area contributed by atoms with Crippen molar-refractivity contribution in [3.63, 3.8) is 0 Å². The van der Waals surface area contributed by atoms with Crippen molar-refractivity contribution in [1.29, 1.82) is 0 Å². The van der Waals surface area contributed by atoms with Gasteiger partial charge in [-0.25, -0.2) is 0 Å². The molecule has 114 valence electrons. The topological polar surface area (TPSA) is 58.4 Å². The highest BCUT2D eigenvalue weighted by atomic mass is 32.1. The molecule has 0 spiro atoms. The predicted molar refractivity (Wildman–Crippen MR) is 87.2 cm³/mol. The zero-order valence-corrected chi connectivity index (χ0v) is 13.3. The molecular formula is C15H18N6S. The molecule has 4 rings (SSSR count). The first-order valence-electron chi connectivity index (χ1n) is 7.50. The number of nitrogens with one attached hydrogen (secondary N) is 1. The number of rotatable bonds is 4. The van der Waals surface area contributed by atoms with Crippen LogP contribution in [0.4, 0.5) is 5.82 Å². The number of thiophene rings is 1. The van der Waals surface area contributed by atoms with Gasteiger partial charge in [0.05, 0.1) is 0 Å². The third kappa shape index (κ3) is 2.57. The summed E-state index contributed by atoms with van der Waals surface area (Å²) in [6.07, 6.45) is 2.79. The van der Waals surface area contributed by atoms with Crippen LogP contribution in [0.2, 0.25) is 0 Å². The predicted octanol–water partition coefficient (Wildman–Crippen LogP) is 2.04. The van der Waals surface area contributed by atoms with E-state index in [0.717, 1.165) is 31.1 Å². The average Bonchev–Trinajstić information content (AvgIpc) is 3.19. The fourth-order valence-corrected chi connectivity index (χ4v) is 3.74. The van der Waals surface area contributed by atoms with Gasteiger partial charge in [0.1, 0.15) is 12.1 Å². The molecule has 3 aromatic rings. The molecule has 0 bridgehead atoms. The van der Waals surface area contributed by atoms with E-state index in [0.29, 0.717) is 6.04 Å². The molecule has 1 aliphatic rings. The summed E-state index contributed by atoms with van der Waals surface area (Å²) >= 11 is 1.88. The average molecular weight is 314 g/mol. The molecule has 0 radical (unpaired) electrons. The summed E-state index contributed by atoms with van der Waals surface area (Å²) in [4.78, 5) is 4.08. The minimum Gasteiger partial charge on any atom is -0.367 e. The lowest BCUT2D eigenvalue weighted by Gasteiger charge is -2.32. The summed E-state index contributed by atoms with van der Waals surface area (Å²) in [5.74, 6) is 0.854. The maximum absolute atomic E-state index is 4.44. The zero-order chi connectivity index (χ0) is 14.9. The van der Waals surface area contributed by atoms with Crippen molar-refractivity contribution in [2.75, 3.05) is 18.4 Å². The highest BCUT2D eigenvalue weighted by Crippen LogP contribution is 2.25. The molecule has 0 saturated heterocycles. The first kappa shape index (κ1) is 13.7. The van der Waals surface area contributed by atoms with E-state index in [1.165, 1.54) is 12.0 Å². The van der Waals surface area contributed by atoms with Crippen LogP contribution in [0.25, 0.3) is 5.65 Å². The van der Waals surface area contributed by atoms with E-state index in [2.05, 4.69) is 43.9 Å². The number of hydrogen-bond donors (Lipinski definition) is 1. The van der Waals surface area contributed by atoms with Gasteiger partial charge in [-0.1, -0.05) is 0 Å². The SMILES string of the molecule is CC(CNc1ccc2nncn2n1)N1CCc2sccc2C1. The molecule has 0 saturated carbocycles. The first-order valence-corrected chi connectivity index (χ1v) is 8.38. The van der Waals surface area contributed by atoms with Gasteiger partial charge in [0.25, 0.3) is 0 Å². The van der Waals surface area contributed by atoms with Crippen molar-refractivity contribution >= 4 is 22.8 Å². The molecule has 3 aromatic heterocycles. The maximum atomic E-state index is 4.44. The summed E-state index contributed by atoms with van der Waals surface area (Å²) in [6, 6.07) is 6.59. The van der Waals surface area contributed by atoms with E-state index in [-0.39, 0.29) is 0 Å². The van der Waals surface area contributed by atoms with Crippen LogP contribution in [0.5, 0.6) is 0 Å². The van der Waals surface area contributed by atoms with Gasteiger partial charge in [-0.3, -0.25) is 4.90 Å². The van der Waals surface area contributed by atoms with Gasteiger partial charge in [0.15, 0.2) is 5.65 Å². The van der Waals surface area contributed by atoms with Crippen LogP contribution in [-0.4, -0.2) is 43.8 Å². The van der Waals surface area contributed by atoms with Crippen LogP contribution in [-0.2, 0) is 13.0 Å². The van der Waals surface area contributed by atoms with Crippen molar-refractivity contribution < 1.29 is 0 Å². The Kier molecular flexibility index (Phi) is 3.51. The van der Waals surface area contributed by atoms with Crippen LogP contribution in [0.3, 0.4) is 0 Å². The highest BCUT2D eigenvalue weighted by Gasteiger charge is 2.21. The number of nitrogens with zero attached hydrogens (tertiary/aromatic N) is 5. The lowest BCUT2D eigenvalue weighted by Crippen LogP contribution is -2.40. The van der Waals surface area contributed by atoms with E-state index in [9.17, 15) is 0 Å². The second-order valence-corrected chi connectivity index (χ2v) is 6.67. The minimum atomic E-state index is 0.464. The van der Waals surface area contributed by atoms with Gasteiger partial charge in [0.2, 0.25) is 0 Å². The van der Waals surface area contributed by atoms with Crippen LogP contribution in [0.15, 0.2) is 29.9 Å². The molecule has 0 amide bonds. The number of anilines is 1. The normalized spacial score (nSPS) is 16.6. The van der Waals surface area contributed by atoms with E-state index >= 15 is 0 Å². The smallest absolute Gasteiger partial charge is 0.177 e. The van der Waals surface area contributed by atoms with Gasteiger partial charge in [0, 0.05) is 30.6 Å². The Balaban J connectivity index is 1.39. The fourth-order valence-electron chi connectivity index (χ4n) is 2.85. The van der Waals surface area contributed by atoms with Gasteiger partial charge >= 0.3 is 0 Å². The minimum absolute atomic E-state index is 0.464. The number of aromatic nitrogens is 4. The number of fused-ring (bicyclic) bond motifs is 2. The van der Waals surface area contributed by atoms with Gasteiger partial charge < -0.3 is 5.32 Å². The largest absolute Gasteiger partial charge is 0.367 e. The first-order chi connectivity index (χ1) is 10.8. The third-order valence-electron chi connectivity index (χ3n) is 4.20. The summed E-state index contributed by atoms with van der Waals surface area (Å²) < 4.78 is 1.69.